The van der Waals surface area contributed by atoms with E-state index in [1.54, 1.807) is 36.7 Å². The van der Waals surface area contributed by atoms with E-state index in [9.17, 15) is 14.9 Å². The maximum Gasteiger partial charge on any atom is 0.269 e. The molecule has 0 N–H and O–H groups in total. The SMILES string of the molecule is O=C(c1cccnc1)n1ccnc1-c1ccc([N+](=O)[O-])cc1. The number of nitro benzene ring substituents is 1. The fourth-order valence-electron chi connectivity index (χ4n) is 2.04. The topological polar surface area (TPSA) is 90.9 Å². The molecule has 0 spiro atoms. The number of hydrogen-bond donors (Lipinski definition) is 0. The van der Waals surface area contributed by atoms with Crippen LogP contribution < -0.4 is 0 Å². The number of carbonyl (C=O) groups excluding carboxylic acids is 1. The third kappa shape index (κ3) is 2.47. The Morgan fingerprint density at radius 2 is 1.91 bits per heavy atom. The van der Waals surface area contributed by atoms with E-state index >= 15 is 0 Å². The molecule has 7 nitrogen and oxygen atoms in total. The second-order valence-corrected chi connectivity index (χ2v) is 4.47. The number of nitro groups is 1. The van der Waals surface area contributed by atoms with Crippen LogP contribution in [0.2, 0.25) is 0 Å². The van der Waals surface area contributed by atoms with Crippen molar-refractivity contribution in [2.24, 2.45) is 0 Å². The molecule has 0 saturated heterocycles. The van der Waals surface area contributed by atoms with Crippen LogP contribution in [0.4, 0.5) is 5.69 Å². The Hall–Kier alpha value is -3.35. The number of benzene rings is 1. The first-order valence-electron chi connectivity index (χ1n) is 6.40. The van der Waals surface area contributed by atoms with E-state index in [0.29, 0.717) is 17.0 Å². The molecule has 3 aromatic rings. The Labute approximate surface area is 125 Å². The van der Waals surface area contributed by atoms with Crippen molar-refractivity contribution in [1.82, 2.24) is 14.5 Å². The zero-order valence-corrected chi connectivity index (χ0v) is 11.3. The molecule has 2 heterocycles. The second-order valence-electron chi connectivity index (χ2n) is 4.47. The minimum absolute atomic E-state index is 0.0135. The summed E-state index contributed by atoms with van der Waals surface area (Å²) in [4.78, 5) is 30.7. The van der Waals surface area contributed by atoms with Gasteiger partial charge in [-0.25, -0.2) is 4.98 Å². The standard InChI is InChI=1S/C15H10N4O3/c20-15(12-2-1-7-16-10-12)18-9-8-17-14(18)11-3-5-13(6-4-11)19(21)22/h1-10H. The van der Waals surface area contributed by atoms with Crippen LogP contribution in [0.15, 0.2) is 61.2 Å². The number of hydrogen-bond acceptors (Lipinski definition) is 5. The Kier molecular flexibility index (Phi) is 3.45. The van der Waals surface area contributed by atoms with E-state index in [2.05, 4.69) is 9.97 Å². The van der Waals surface area contributed by atoms with Gasteiger partial charge in [-0.2, -0.15) is 0 Å². The minimum Gasteiger partial charge on any atom is -0.268 e. The lowest BCUT2D eigenvalue weighted by Gasteiger charge is -2.06. The number of carbonyl (C=O) groups is 1. The van der Waals surface area contributed by atoms with E-state index in [4.69, 9.17) is 0 Å². The van der Waals surface area contributed by atoms with Crippen molar-refractivity contribution in [1.29, 1.82) is 0 Å². The highest BCUT2D eigenvalue weighted by molar-refractivity contribution is 5.97. The Morgan fingerprint density at radius 3 is 2.55 bits per heavy atom. The van der Waals surface area contributed by atoms with Gasteiger partial charge in [0.25, 0.3) is 11.6 Å². The van der Waals surface area contributed by atoms with Gasteiger partial charge in [-0.1, -0.05) is 0 Å². The first-order chi connectivity index (χ1) is 10.7. The molecule has 7 heteroatoms. The van der Waals surface area contributed by atoms with Gasteiger partial charge in [0.05, 0.1) is 10.5 Å². The molecule has 0 aliphatic carbocycles. The third-order valence-corrected chi connectivity index (χ3v) is 3.10. The molecule has 1 aromatic carbocycles. The number of aromatic nitrogens is 3. The van der Waals surface area contributed by atoms with Crippen LogP contribution >= 0.6 is 0 Å². The van der Waals surface area contributed by atoms with Gasteiger partial charge in [0.1, 0.15) is 5.82 Å². The highest BCUT2D eigenvalue weighted by Crippen LogP contribution is 2.21. The molecule has 0 atom stereocenters. The lowest BCUT2D eigenvalue weighted by molar-refractivity contribution is -0.384. The summed E-state index contributed by atoms with van der Waals surface area (Å²) >= 11 is 0. The monoisotopic (exact) mass is 294 g/mol. The van der Waals surface area contributed by atoms with Gasteiger partial charge in [-0.3, -0.25) is 24.5 Å². The average Bonchev–Trinajstić information content (AvgIpc) is 3.04. The lowest BCUT2D eigenvalue weighted by atomic mass is 10.2. The first-order valence-corrected chi connectivity index (χ1v) is 6.40. The summed E-state index contributed by atoms with van der Waals surface area (Å²) in [6, 6.07) is 9.22. The summed E-state index contributed by atoms with van der Waals surface area (Å²) < 4.78 is 1.39. The van der Waals surface area contributed by atoms with Crippen molar-refractivity contribution >= 4 is 11.6 Å². The second kappa shape index (κ2) is 5.57. The molecular formula is C15H10N4O3. The summed E-state index contributed by atoms with van der Waals surface area (Å²) in [6.07, 6.45) is 6.11. The van der Waals surface area contributed by atoms with Gasteiger partial charge in [0.2, 0.25) is 0 Å². The van der Waals surface area contributed by atoms with Crippen molar-refractivity contribution in [3.63, 3.8) is 0 Å². The van der Waals surface area contributed by atoms with Crippen LogP contribution in [-0.2, 0) is 0 Å². The fraction of sp³-hybridized carbons (Fsp3) is 0. The molecule has 3 rings (SSSR count). The quantitative estimate of drug-likeness (QED) is 0.547. The lowest BCUT2D eigenvalue weighted by Crippen LogP contribution is -2.12. The summed E-state index contributed by atoms with van der Waals surface area (Å²) in [5.41, 5.74) is 1.04. The third-order valence-electron chi connectivity index (χ3n) is 3.10. The fourth-order valence-corrected chi connectivity index (χ4v) is 2.04. The van der Waals surface area contributed by atoms with E-state index < -0.39 is 4.92 Å². The van der Waals surface area contributed by atoms with Crippen LogP contribution in [-0.4, -0.2) is 25.4 Å². The molecule has 0 saturated carbocycles. The van der Waals surface area contributed by atoms with Gasteiger partial charge < -0.3 is 0 Å². The Balaban J connectivity index is 1.99. The highest BCUT2D eigenvalue weighted by atomic mass is 16.6. The number of rotatable bonds is 3. The molecule has 2 aromatic heterocycles. The van der Waals surface area contributed by atoms with Crippen molar-refractivity contribution in [3.8, 4) is 11.4 Å². The normalized spacial score (nSPS) is 10.4. The van der Waals surface area contributed by atoms with Crippen molar-refractivity contribution in [2.45, 2.75) is 0 Å². The van der Waals surface area contributed by atoms with Crippen molar-refractivity contribution in [2.75, 3.05) is 0 Å². The van der Waals surface area contributed by atoms with Gasteiger partial charge in [0, 0.05) is 42.5 Å². The summed E-state index contributed by atoms with van der Waals surface area (Å²) in [7, 11) is 0. The number of nitrogens with zero attached hydrogens (tertiary/aromatic N) is 4. The molecule has 0 aliphatic rings. The van der Waals surface area contributed by atoms with E-state index in [-0.39, 0.29) is 11.6 Å². The molecule has 0 fully saturated rings. The van der Waals surface area contributed by atoms with Crippen LogP contribution in [0.1, 0.15) is 10.4 Å². The van der Waals surface area contributed by atoms with Crippen molar-refractivity contribution < 1.29 is 9.72 Å². The van der Waals surface area contributed by atoms with E-state index in [1.165, 1.54) is 29.1 Å². The zero-order chi connectivity index (χ0) is 15.5. The minimum atomic E-state index is -0.475. The highest BCUT2D eigenvalue weighted by Gasteiger charge is 2.15. The molecule has 0 aliphatic heterocycles. The number of non-ortho nitro benzene ring substituents is 1. The maximum atomic E-state index is 12.5. The van der Waals surface area contributed by atoms with Gasteiger partial charge in [-0.15, -0.1) is 0 Å². The Bertz CT molecular complexity index is 826. The average molecular weight is 294 g/mol. The molecule has 0 bridgehead atoms. The van der Waals surface area contributed by atoms with Crippen LogP contribution in [0.3, 0.4) is 0 Å². The number of pyridine rings is 1. The molecule has 0 unspecified atom stereocenters. The summed E-state index contributed by atoms with van der Waals surface area (Å²) in [6.45, 7) is 0. The molecule has 108 valence electrons. The summed E-state index contributed by atoms with van der Waals surface area (Å²) in [5, 5.41) is 10.7. The predicted octanol–water partition coefficient (Wildman–Crippen LogP) is 2.54. The first kappa shape index (κ1) is 13.6. The van der Waals surface area contributed by atoms with Gasteiger partial charge in [-0.05, 0) is 24.3 Å². The van der Waals surface area contributed by atoms with Gasteiger partial charge in [0.15, 0.2) is 0 Å². The van der Waals surface area contributed by atoms with Crippen molar-refractivity contribution in [3.05, 3.63) is 76.9 Å². The maximum absolute atomic E-state index is 12.5. The molecule has 0 amide bonds. The van der Waals surface area contributed by atoms with Crippen LogP contribution in [0.25, 0.3) is 11.4 Å². The zero-order valence-electron chi connectivity index (χ0n) is 11.3. The molecule has 22 heavy (non-hydrogen) atoms. The number of imidazole rings is 1. The molecule has 0 radical (unpaired) electrons. The Morgan fingerprint density at radius 1 is 1.14 bits per heavy atom. The largest absolute Gasteiger partial charge is 0.269 e. The van der Waals surface area contributed by atoms with E-state index in [0.717, 1.165) is 0 Å². The predicted molar refractivity (Wildman–Crippen MR) is 78.3 cm³/mol. The van der Waals surface area contributed by atoms with E-state index in [1.807, 2.05) is 0 Å². The van der Waals surface area contributed by atoms with Crippen LogP contribution in [0.5, 0.6) is 0 Å². The smallest absolute Gasteiger partial charge is 0.268 e. The summed E-state index contributed by atoms with van der Waals surface area (Å²) in [5.74, 6) is 0.155. The van der Waals surface area contributed by atoms with Gasteiger partial charge >= 0.3 is 0 Å². The molecular weight excluding hydrogens is 284 g/mol. The van der Waals surface area contributed by atoms with Crippen LogP contribution in [0, 0.1) is 10.1 Å².